The number of nitrogens with zero attached hydrogens (tertiary/aromatic N) is 4. The lowest BCUT2D eigenvalue weighted by atomic mass is 10.1. The van der Waals surface area contributed by atoms with Gasteiger partial charge >= 0.3 is 0 Å². The SMILES string of the molecule is Cc1cnc(N(Cc2cncc3c(F)c(F)ccc23)c2ccccc2)cn1. The topological polar surface area (TPSA) is 41.9 Å². The number of anilines is 2. The number of pyridine rings is 1. The molecule has 0 spiro atoms. The summed E-state index contributed by atoms with van der Waals surface area (Å²) in [5.41, 5.74) is 2.49. The van der Waals surface area contributed by atoms with Crippen molar-refractivity contribution in [3.63, 3.8) is 0 Å². The molecule has 4 nitrogen and oxygen atoms in total. The average molecular weight is 362 g/mol. The Balaban J connectivity index is 1.82. The molecule has 0 atom stereocenters. The van der Waals surface area contributed by atoms with E-state index in [1.807, 2.05) is 42.2 Å². The smallest absolute Gasteiger partial charge is 0.168 e. The molecule has 2 aromatic carbocycles. The van der Waals surface area contributed by atoms with E-state index >= 15 is 0 Å². The molecule has 2 heterocycles. The molecule has 4 aromatic rings. The van der Waals surface area contributed by atoms with Gasteiger partial charge in [-0.1, -0.05) is 24.3 Å². The van der Waals surface area contributed by atoms with Crippen molar-refractivity contribution in [2.75, 3.05) is 4.90 Å². The van der Waals surface area contributed by atoms with Crippen LogP contribution in [-0.4, -0.2) is 15.0 Å². The lowest BCUT2D eigenvalue weighted by Crippen LogP contribution is -2.18. The minimum absolute atomic E-state index is 0.163. The number of hydrogen-bond donors (Lipinski definition) is 0. The third kappa shape index (κ3) is 3.33. The Morgan fingerprint density at radius 1 is 0.852 bits per heavy atom. The van der Waals surface area contributed by atoms with Crippen LogP contribution in [-0.2, 0) is 6.54 Å². The number of rotatable bonds is 4. The number of benzene rings is 2. The van der Waals surface area contributed by atoms with Crippen molar-refractivity contribution in [2.24, 2.45) is 0 Å². The molecule has 0 aliphatic carbocycles. The number of aryl methyl sites for hydroxylation is 1. The first-order chi connectivity index (χ1) is 13.1. The maximum atomic E-state index is 14.2. The summed E-state index contributed by atoms with van der Waals surface area (Å²) in [7, 11) is 0. The van der Waals surface area contributed by atoms with Crippen molar-refractivity contribution >= 4 is 22.3 Å². The predicted molar refractivity (Wildman–Crippen MR) is 101 cm³/mol. The minimum Gasteiger partial charge on any atom is -0.321 e. The highest BCUT2D eigenvalue weighted by atomic mass is 19.2. The third-order valence-corrected chi connectivity index (χ3v) is 4.35. The van der Waals surface area contributed by atoms with Crippen molar-refractivity contribution in [2.45, 2.75) is 13.5 Å². The molecule has 0 saturated heterocycles. The average Bonchev–Trinajstić information content (AvgIpc) is 2.70. The highest BCUT2D eigenvalue weighted by Gasteiger charge is 2.16. The monoisotopic (exact) mass is 362 g/mol. The van der Waals surface area contributed by atoms with Gasteiger partial charge in [-0.2, -0.15) is 0 Å². The highest BCUT2D eigenvalue weighted by Crippen LogP contribution is 2.29. The molecule has 0 aliphatic heterocycles. The Bertz CT molecular complexity index is 1080. The largest absolute Gasteiger partial charge is 0.321 e. The fraction of sp³-hybridized carbons (Fsp3) is 0.0952. The highest BCUT2D eigenvalue weighted by molar-refractivity contribution is 5.86. The van der Waals surface area contributed by atoms with Gasteiger partial charge in [0.25, 0.3) is 0 Å². The summed E-state index contributed by atoms with van der Waals surface area (Å²) < 4.78 is 27.7. The molecule has 4 rings (SSSR count). The fourth-order valence-electron chi connectivity index (χ4n) is 2.98. The van der Waals surface area contributed by atoms with E-state index < -0.39 is 11.6 Å². The number of para-hydroxylation sites is 1. The predicted octanol–water partition coefficient (Wildman–Crippen LogP) is 4.95. The Hall–Kier alpha value is -3.41. The Morgan fingerprint density at radius 3 is 2.41 bits per heavy atom. The van der Waals surface area contributed by atoms with Gasteiger partial charge in [-0.05, 0) is 36.1 Å². The molecule has 0 bridgehead atoms. The van der Waals surface area contributed by atoms with E-state index in [9.17, 15) is 8.78 Å². The minimum atomic E-state index is -0.886. The van der Waals surface area contributed by atoms with Gasteiger partial charge in [0.05, 0.1) is 24.6 Å². The second-order valence-corrected chi connectivity index (χ2v) is 6.19. The maximum absolute atomic E-state index is 14.2. The van der Waals surface area contributed by atoms with Gasteiger partial charge in [0.2, 0.25) is 0 Å². The lowest BCUT2D eigenvalue weighted by molar-refractivity contribution is 0.517. The van der Waals surface area contributed by atoms with Crippen molar-refractivity contribution in [1.29, 1.82) is 0 Å². The summed E-state index contributed by atoms with van der Waals surface area (Å²) in [6.07, 6.45) is 6.40. The van der Waals surface area contributed by atoms with Crippen LogP contribution in [0, 0.1) is 18.6 Å². The van der Waals surface area contributed by atoms with E-state index in [0.29, 0.717) is 17.7 Å². The number of fused-ring (bicyclic) bond motifs is 1. The number of hydrogen-bond acceptors (Lipinski definition) is 4. The van der Waals surface area contributed by atoms with Gasteiger partial charge in [0.1, 0.15) is 0 Å². The summed E-state index contributed by atoms with van der Waals surface area (Å²) in [5, 5.41) is 0.778. The van der Waals surface area contributed by atoms with Crippen LogP contribution >= 0.6 is 0 Å². The van der Waals surface area contributed by atoms with Crippen LogP contribution in [0.4, 0.5) is 20.3 Å². The zero-order chi connectivity index (χ0) is 18.8. The number of aromatic nitrogens is 3. The van der Waals surface area contributed by atoms with E-state index in [1.54, 1.807) is 24.7 Å². The molecule has 0 amide bonds. The van der Waals surface area contributed by atoms with Crippen molar-refractivity contribution in [3.8, 4) is 0 Å². The standard InChI is InChI=1S/C21H16F2N4/c1-14-9-26-20(12-25-14)27(16-5-3-2-4-6-16)13-15-10-24-11-18-17(15)7-8-19(22)21(18)23/h2-12H,13H2,1H3. The quantitative estimate of drug-likeness (QED) is 0.515. The summed E-state index contributed by atoms with van der Waals surface area (Å²) in [4.78, 5) is 14.9. The normalized spacial score (nSPS) is 10.9. The van der Waals surface area contributed by atoms with Crippen LogP contribution in [0.25, 0.3) is 10.8 Å². The van der Waals surface area contributed by atoms with Crippen molar-refractivity contribution < 1.29 is 8.78 Å². The number of halogens is 2. The zero-order valence-electron chi connectivity index (χ0n) is 14.6. The van der Waals surface area contributed by atoms with Gasteiger partial charge in [-0.15, -0.1) is 0 Å². The molecular formula is C21H16F2N4. The molecular weight excluding hydrogens is 346 g/mol. The molecule has 134 valence electrons. The molecule has 0 fully saturated rings. The maximum Gasteiger partial charge on any atom is 0.168 e. The van der Waals surface area contributed by atoms with Gasteiger partial charge in [-0.25, -0.2) is 13.8 Å². The lowest BCUT2D eigenvalue weighted by Gasteiger charge is -2.24. The van der Waals surface area contributed by atoms with Gasteiger partial charge in [0.15, 0.2) is 17.5 Å². The molecule has 27 heavy (non-hydrogen) atoms. The second-order valence-electron chi connectivity index (χ2n) is 6.19. The van der Waals surface area contributed by atoms with Crippen LogP contribution in [0.1, 0.15) is 11.3 Å². The summed E-state index contributed by atoms with van der Waals surface area (Å²) in [5.74, 6) is -1.11. The van der Waals surface area contributed by atoms with E-state index in [2.05, 4.69) is 15.0 Å². The molecule has 0 unspecified atom stereocenters. The fourth-order valence-corrected chi connectivity index (χ4v) is 2.98. The van der Waals surface area contributed by atoms with E-state index in [-0.39, 0.29) is 5.39 Å². The van der Waals surface area contributed by atoms with Crippen LogP contribution < -0.4 is 4.90 Å². The van der Waals surface area contributed by atoms with Crippen LogP contribution in [0.3, 0.4) is 0 Å². The zero-order valence-corrected chi connectivity index (χ0v) is 14.6. The first-order valence-electron chi connectivity index (χ1n) is 8.45. The van der Waals surface area contributed by atoms with Gasteiger partial charge in [0, 0.05) is 23.5 Å². The first-order valence-corrected chi connectivity index (χ1v) is 8.45. The van der Waals surface area contributed by atoms with Crippen molar-refractivity contribution in [3.05, 3.63) is 90.1 Å². The second kappa shape index (κ2) is 7.07. The summed E-state index contributed by atoms with van der Waals surface area (Å²) >= 11 is 0. The van der Waals surface area contributed by atoms with Gasteiger partial charge < -0.3 is 4.90 Å². The van der Waals surface area contributed by atoms with E-state index in [0.717, 1.165) is 23.0 Å². The van der Waals surface area contributed by atoms with Gasteiger partial charge in [-0.3, -0.25) is 9.97 Å². The van der Waals surface area contributed by atoms with Crippen LogP contribution in [0.15, 0.2) is 67.3 Å². The molecule has 0 saturated carbocycles. The summed E-state index contributed by atoms with van der Waals surface area (Å²) in [6.45, 7) is 2.26. The molecule has 2 aromatic heterocycles. The van der Waals surface area contributed by atoms with E-state index in [1.165, 1.54) is 6.20 Å². The first kappa shape index (κ1) is 17.0. The molecule has 0 aliphatic rings. The van der Waals surface area contributed by atoms with Crippen LogP contribution in [0.2, 0.25) is 0 Å². The summed E-state index contributed by atoms with van der Waals surface area (Å²) in [6, 6.07) is 12.4. The van der Waals surface area contributed by atoms with E-state index in [4.69, 9.17) is 0 Å². The molecule has 0 N–H and O–H groups in total. The Morgan fingerprint density at radius 2 is 1.67 bits per heavy atom. The van der Waals surface area contributed by atoms with Crippen LogP contribution in [0.5, 0.6) is 0 Å². The third-order valence-electron chi connectivity index (χ3n) is 4.35. The molecule has 6 heteroatoms. The Kier molecular flexibility index (Phi) is 4.46. The van der Waals surface area contributed by atoms with Crippen molar-refractivity contribution in [1.82, 2.24) is 15.0 Å². The Labute approximate surface area is 155 Å². The molecule has 0 radical (unpaired) electrons.